The second kappa shape index (κ2) is 10.8. The van der Waals surface area contributed by atoms with Crippen molar-refractivity contribution < 1.29 is 4.74 Å². The van der Waals surface area contributed by atoms with Crippen LogP contribution in [0.4, 0.5) is 0 Å². The molecule has 2 fully saturated rings. The minimum absolute atomic E-state index is 0.114. The molecule has 0 radical (unpaired) electrons. The largest absolute Gasteiger partial charge is 0.497 e. The number of nitrogens with one attached hydrogen (secondary N) is 1. The SMILES string of the molecule is COc1ccc2[nH]c(=O)c([C@H](c3nnnn3C3CCCC3)N3CCN(Cc4ccc(Cl)cc4)CC3)cc2c1. The molecule has 2 aromatic carbocycles. The molecule has 10 heteroatoms. The van der Waals surface area contributed by atoms with E-state index < -0.39 is 0 Å². The van der Waals surface area contributed by atoms with E-state index in [0.29, 0.717) is 5.56 Å². The van der Waals surface area contributed by atoms with Crippen molar-refractivity contribution in [3.63, 3.8) is 0 Å². The Hall–Kier alpha value is -3.27. The predicted molar refractivity (Wildman–Crippen MR) is 147 cm³/mol. The summed E-state index contributed by atoms with van der Waals surface area (Å²) in [5.41, 5.74) is 2.56. The van der Waals surface area contributed by atoms with E-state index in [1.165, 1.54) is 18.4 Å². The highest BCUT2D eigenvalue weighted by atomic mass is 35.5. The molecule has 1 saturated heterocycles. The van der Waals surface area contributed by atoms with Crippen LogP contribution in [0.15, 0.2) is 53.3 Å². The molecule has 38 heavy (non-hydrogen) atoms. The van der Waals surface area contributed by atoms with Crippen LogP contribution in [-0.4, -0.2) is 68.3 Å². The summed E-state index contributed by atoms with van der Waals surface area (Å²) in [6, 6.07) is 15.6. The van der Waals surface area contributed by atoms with Gasteiger partial charge in [-0.1, -0.05) is 36.6 Å². The Morgan fingerprint density at radius 1 is 1.05 bits per heavy atom. The summed E-state index contributed by atoms with van der Waals surface area (Å²) in [4.78, 5) is 21.4. The Labute approximate surface area is 226 Å². The van der Waals surface area contributed by atoms with Crippen LogP contribution >= 0.6 is 11.6 Å². The third-order valence-corrected chi connectivity index (χ3v) is 8.15. The first-order valence-electron chi connectivity index (χ1n) is 13.3. The van der Waals surface area contributed by atoms with E-state index in [9.17, 15) is 4.79 Å². The van der Waals surface area contributed by atoms with Gasteiger partial charge in [-0.25, -0.2) is 4.68 Å². The molecule has 1 aliphatic carbocycles. The summed E-state index contributed by atoms with van der Waals surface area (Å²) in [5, 5.41) is 14.7. The van der Waals surface area contributed by atoms with Crippen LogP contribution in [0.1, 0.15) is 54.7 Å². The molecule has 0 unspecified atom stereocenters. The number of H-pyrrole nitrogens is 1. The van der Waals surface area contributed by atoms with Crippen LogP contribution in [0.2, 0.25) is 5.02 Å². The third kappa shape index (κ3) is 5.06. The van der Waals surface area contributed by atoms with Crippen LogP contribution in [0, 0.1) is 0 Å². The second-order valence-electron chi connectivity index (χ2n) is 10.3. The van der Waals surface area contributed by atoms with E-state index in [1.807, 2.05) is 41.1 Å². The zero-order valence-electron chi connectivity index (χ0n) is 21.5. The second-order valence-corrected chi connectivity index (χ2v) is 10.7. The molecule has 1 N–H and O–H groups in total. The number of rotatable bonds is 7. The number of pyridine rings is 1. The fraction of sp³-hybridized carbons (Fsp3) is 0.429. The summed E-state index contributed by atoms with van der Waals surface area (Å²) >= 11 is 6.07. The predicted octanol–water partition coefficient (Wildman–Crippen LogP) is 4.20. The normalized spacial score (nSPS) is 18.3. The number of tetrazole rings is 1. The van der Waals surface area contributed by atoms with Crippen molar-refractivity contribution in [1.29, 1.82) is 0 Å². The van der Waals surface area contributed by atoms with Gasteiger partial charge in [-0.05, 0) is 65.2 Å². The third-order valence-electron chi connectivity index (χ3n) is 7.90. The molecule has 9 nitrogen and oxygen atoms in total. The number of ether oxygens (including phenoxy) is 1. The molecular weight excluding hydrogens is 502 g/mol. The number of aromatic amines is 1. The van der Waals surface area contributed by atoms with Crippen molar-refractivity contribution in [2.45, 2.75) is 44.3 Å². The van der Waals surface area contributed by atoms with Gasteiger partial charge in [0.15, 0.2) is 5.82 Å². The molecule has 198 valence electrons. The van der Waals surface area contributed by atoms with Gasteiger partial charge in [0.1, 0.15) is 11.8 Å². The van der Waals surface area contributed by atoms with Gasteiger partial charge in [-0.2, -0.15) is 0 Å². The Bertz CT molecular complexity index is 1450. The molecule has 4 aromatic rings. The summed E-state index contributed by atoms with van der Waals surface area (Å²) in [5.74, 6) is 1.49. The van der Waals surface area contributed by atoms with Gasteiger partial charge in [0.2, 0.25) is 0 Å². The van der Waals surface area contributed by atoms with Crippen molar-refractivity contribution in [1.82, 2.24) is 35.0 Å². The molecule has 2 aliphatic rings. The van der Waals surface area contributed by atoms with E-state index in [2.05, 4.69) is 42.4 Å². The van der Waals surface area contributed by atoms with Crippen LogP contribution in [-0.2, 0) is 6.54 Å². The van der Waals surface area contributed by atoms with Gasteiger partial charge >= 0.3 is 0 Å². The first kappa shape index (κ1) is 25.0. The van der Waals surface area contributed by atoms with E-state index in [0.717, 1.165) is 73.1 Å². The van der Waals surface area contributed by atoms with Crippen molar-refractivity contribution in [3.8, 4) is 5.75 Å². The van der Waals surface area contributed by atoms with Crippen molar-refractivity contribution in [2.75, 3.05) is 33.3 Å². The zero-order valence-corrected chi connectivity index (χ0v) is 22.3. The Kier molecular flexibility index (Phi) is 7.14. The molecule has 0 bridgehead atoms. The number of halogens is 1. The maximum absolute atomic E-state index is 13.5. The number of benzene rings is 2. The van der Waals surface area contributed by atoms with Gasteiger partial charge in [-0.3, -0.25) is 14.6 Å². The maximum Gasteiger partial charge on any atom is 0.253 e. The molecule has 0 spiro atoms. The average Bonchev–Trinajstić information content (AvgIpc) is 3.64. The molecule has 1 saturated carbocycles. The first-order chi connectivity index (χ1) is 18.6. The van der Waals surface area contributed by atoms with Crippen LogP contribution in [0.5, 0.6) is 5.75 Å². The quantitative estimate of drug-likeness (QED) is 0.380. The van der Waals surface area contributed by atoms with Crippen molar-refractivity contribution in [3.05, 3.63) is 80.9 Å². The molecule has 6 rings (SSSR count). The number of nitrogens with zero attached hydrogens (tertiary/aromatic N) is 6. The molecule has 0 amide bonds. The summed E-state index contributed by atoms with van der Waals surface area (Å²) in [6.45, 7) is 4.22. The number of hydrogen-bond donors (Lipinski definition) is 1. The molecular formula is C28H32ClN7O2. The highest BCUT2D eigenvalue weighted by Gasteiger charge is 2.34. The lowest BCUT2D eigenvalue weighted by Gasteiger charge is -2.39. The minimum atomic E-state index is -0.345. The number of piperazine rings is 1. The lowest BCUT2D eigenvalue weighted by molar-refractivity contribution is 0.0989. The van der Waals surface area contributed by atoms with Gasteiger partial charge < -0.3 is 9.72 Å². The average molecular weight is 534 g/mol. The summed E-state index contributed by atoms with van der Waals surface area (Å²) < 4.78 is 7.42. The van der Waals surface area contributed by atoms with Gasteiger partial charge in [0.25, 0.3) is 5.56 Å². The number of methoxy groups -OCH3 is 1. The van der Waals surface area contributed by atoms with E-state index >= 15 is 0 Å². The lowest BCUT2D eigenvalue weighted by Crippen LogP contribution is -2.48. The Balaban J connectivity index is 1.34. The van der Waals surface area contributed by atoms with Crippen molar-refractivity contribution in [2.24, 2.45) is 0 Å². The summed E-state index contributed by atoms with van der Waals surface area (Å²) in [7, 11) is 1.65. The topological polar surface area (TPSA) is 92.2 Å². The van der Waals surface area contributed by atoms with Crippen LogP contribution in [0.25, 0.3) is 10.9 Å². The van der Waals surface area contributed by atoms with E-state index in [4.69, 9.17) is 16.3 Å². The monoisotopic (exact) mass is 533 g/mol. The van der Waals surface area contributed by atoms with Gasteiger partial charge in [0, 0.05) is 54.2 Å². The standard InChI is InChI=1S/C28H32ClN7O2/c1-38-23-10-11-25-20(16-23)17-24(28(37)30-25)26(27-31-32-33-36(27)22-4-2-3-5-22)35-14-12-34(13-15-35)18-19-6-8-21(29)9-7-19/h6-11,16-17,22,26H,2-5,12-15,18H2,1H3,(H,30,37)/t26-/m1/s1. The lowest BCUT2D eigenvalue weighted by atomic mass is 10.0. The zero-order chi connectivity index (χ0) is 26.1. The van der Waals surface area contributed by atoms with E-state index in [-0.39, 0.29) is 17.6 Å². The van der Waals surface area contributed by atoms with Gasteiger partial charge in [-0.15, -0.1) is 5.10 Å². The molecule has 1 aliphatic heterocycles. The van der Waals surface area contributed by atoms with Crippen molar-refractivity contribution >= 4 is 22.5 Å². The highest BCUT2D eigenvalue weighted by molar-refractivity contribution is 6.30. The number of hydrogen-bond acceptors (Lipinski definition) is 7. The fourth-order valence-electron chi connectivity index (χ4n) is 5.85. The first-order valence-corrected chi connectivity index (χ1v) is 13.7. The van der Waals surface area contributed by atoms with Gasteiger partial charge in [0.05, 0.1) is 13.2 Å². The number of aromatic nitrogens is 5. The Morgan fingerprint density at radius 3 is 2.55 bits per heavy atom. The number of fused-ring (bicyclic) bond motifs is 1. The maximum atomic E-state index is 13.5. The highest BCUT2D eigenvalue weighted by Crippen LogP contribution is 2.34. The molecule has 1 atom stereocenters. The van der Waals surface area contributed by atoms with Crippen LogP contribution in [0.3, 0.4) is 0 Å². The smallest absolute Gasteiger partial charge is 0.253 e. The van der Waals surface area contributed by atoms with E-state index in [1.54, 1.807) is 7.11 Å². The Morgan fingerprint density at radius 2 is 1.82 bits per heavy atom. The molecule has 2 aromatic heterocycles. The summed E-state index contributed by atoms with van der Waals surface area (Å²) in [6.07, 6.45) is 4.47. The fourth-order valence-corrected chi connectivity index (χ4v) is 5.97. The van der Waals surface area contributed by atoms with Crippen LogP contribution < -0.4 is 10.3 Å². The minimum Gasteiger partial charge on any atom is -0.497 e. The molecule has 3 heterocycles.